The van der Waals surface area contributed by atoms with E-state index in [4.69, 9.17) is 5.26 Å². The van der Waals surface area contributed by atoms with Crippen molar-refractivity contribution in [1.29, 1.82) is 5.26 Å². The number of aryl methyl sites for hydroxylation is 1. The van der Waals surface area contributed by atoms with Crippen molar-refractivity contribution < 1.29 is 18.4 Å². The lowest BCUT2D eigenvalue weighted by molar-refractivity contribution is -0.122. The number of halogens is 2. The van der Waals surface area contributed by atoms with E-state index in [1.54, 1.807) is 13.8 Å². The molecule has 0 fully saturated rings. The number of nitriles is 1. The second-order valence-electron chi connectivity index (χ2n) is 6.30. The number of rotatable bonds is 4. The van der Waals surface area contributed by atoms with Gasteiger partial charge in [-0.3, -0.25) is 4.79 Å². The first-order valence-electron chi connectivity index (χ1n) is 8.36. The Kier molecular flexibility index (Phi) is 5.17. The van der Waals surface area contributed by atoms with Gasteiger partial charge in [0.2, 0.25) is 5.91 Å². The number of nitrogens with one attached hydrogen (secondary N) is 2. The summed E-state index contributed by atoms with van der Waals surface area (Å²) >= 11 is 0. The molecular formula is C18H16F2N6O2. The van der Waals surface area contributed by atoms with Gasteiger partial charge in [-0.15, -0.1) is 0 Å². The average Bonchev–Trinajstić information content (AvgIpc) is 2.66. The molecule has 1 atom stereocenters. The number of nitrogens with zero attached hydrogens (tertiary/aromatic N) is 4. The number of aromatic nitrogens is 2. The highest BCUT2D eigenvalue weighted by molar-refractivity contribution is 5.94. The Balaban J connectivity index is 1.67. The lowest BCUT2D eigenvalue weighted by Crippen LogP contribution is -2.45. The molecule has 144 valence electrons. The Bertz CT molecular complexity index is 1000. The molecule has 2 aromatic rings. The molecule has 1 aromatic heterocycles. The third kappa shape index (κ3) is 3.73. The minimum Gasteiger partial charge on any atom is -0.345 e. The summed E-state index contributed by atoms with van der Waals surface area (Å²) in [4.78, 5) is 33.7. The highest BCUT2D eigenvalue weighted by atomic mass is 19.2. The SMILES string of the molecule is Cc1nc([C@H](C)NC(=O)CN2Cc3c(ccc(F)c3F)NC2=O)ncc1C#N. The zero-order chi connectivity index (χ0) is 20.4. The smallest absolute Gasteiger partial charge is 0.322 e. The van der Waals surface area contributed by atoms with E-state index in [9.17, 15) is 18.4 Å². The van der Waals surface area contributed by atoms with Crippen LogP contribution >= 0.6 is 0 Å². The Morgan fingerprint density at radius 2 is 2.21 bits per heavy atom. The van der Waals surface area contributed by atoms with Gasteiger partial charge in [-0.1, -0.05) is 0 Å². The van der Waals surface area contributed by atoms with Crippen LogP contribution in [0, 0.1) is 29.9 Å². The van der Waals surface area contributed by atoms with Gasteiger partial charge in [0.1, 0.15) is 12.6 Å². The maximum absolute atomic E-state index is 14.0. The molecule has 0 radical (unpaired) electrons. The van der Waals surface area contributed by atoms with Crippen molar-refractivity contribution >= 4 is 17.6 Å². The van der Waals surface area contributed by atoms with E-state index in [1.807, 2.05) is 6.07 Å². The van der Waals surface area contributed by atoms with Gasteiger partial charge in [0.15, 0.2) is 17.5 Å². The molecule has 2 N–H and O–H groups in total. The van der Waals surface area contributed by atoms with Crippen LogP contribution in [-0.4, -0.2) is 33.4 Å². The number of carbonyl (C=O) groups is 2. The maximum atomic E-state index is 14.0. The van der Waals surface area contributed by atoms with Gasteiger partial charge in [0.25, 0.3) is 0 Å². The van der Waals surface area contributed by atoms with Crippen LogP contribution in [-0.2, 0) is 11.3 Å². The summed E-state index contributed by atoms with van der Waals surface area (Å²) < 4.78 is 27.4. The molecule has 8 nitrogen and oxygen atoms in total. The maximum Gasteiger partial charge on any atom is 0.322 e. The number of amides is 3. The van der Waals surface area contributed by atoms with Crippen LogP contribution in [0.25, 0.3) is 0 Å². The first kappa shape index (κ1) is 19.2. The Morgan fingerprint density at radius 1 is 1.46 bits per heavy atom. The van der Waals surface area contributed by atoms with Crippen LogP contribution in [0.5, 0.6) is 0 Å². The Hall–Kier alpha value is -3.61. The van der Waals surface area contributed by atoms with Gasteiger partial charge in [0.05, 0.1) is 29.5 Å². The summed E-state index contributed by atoms with van der Waals surface area (Å²) in [7, 11) is 0. The fraction of sp³-hybridized carbons (Fsp3) is 0.278. The number of benzene rings is 1. The van der Waals surface area contributed by atoms with Crippen LogP contribution in [0.15, 0.2) is 18.3 Å². The summed E-state index contributed by atoms with van der Waals surface area (Å²) in [6, 6.07) is 2.99. The normalized spacial score (nSPS) is 14.0. The first-order chi connectivity index (χ1) is 13.3. The average molecular weight is 386 g/mol. The topological polar surface area (TPSA) is 111 Å². The van der Waals surface area contributed by atoms with Crippen LogP contribution in [0.1, 0.15) is 35.6 Å². The molecule has 0 aliphatic carbocycles. The summed E-state index contributed by atoms with van der Waals surface area (Å²) in [5.41, 5.74) is 0.972. The van der Waals surface area contributed by atoms with E-state index in [0.717, 1.165) is 11.0 Å². The monoisotopic (exact) mass is 386 g/mol. The minimum atomic E-state index is -1.06. The zero-order valence-electron chi connectivity index (χ0n) is 15.1. The number of urea groups is 1. The quantitative estimate of drug-likeness (QED) is 0.837. The van der Waals surface area contributed by atoms with Gasteiger partial charge in [-0.25, -0.2) is 23.5 Å². The predicted octanol–water partition coefficient (Wildman–Crippen LogP) is 2.16. The molecule has 10 heteroatoms. The highest BCUT2D eigenvalue weighted by Crippen LogP contribution is 2.27. The predicted molar refractivity (Wildman–Crippen MR) is 93.8 cm³/mol. The number of carbonyl (C=O) groups excluding carboxylic acids is 2. The molecule has 0 spiro atoms. The van der Waals surface area contributed by atoms with E-state index in [2.05, 4.69) is 20.6 Å². The van der Waals surface area contributed by atoms with E-state index in [1.165, 1.54) is 12.3 Å². The largest absolute Gasteiger partial charge is 0.345 e. The zero-order valence-corrected chi connectivity index (χ0v) is 15.1. The van der Waals surface area contributed by atoms with Crippen LogP contribution < -0.4 is 10.6 Å². The number of hydrogen-bond acceptors (Lipinski definition) is 5. The van der Waals surface area contributed by atoms with E-state index in [-0.39, 0.29) is 24.3 Å². The molecule has 0 unspecified atom stereocenters. The third-order valence-corrected chi connectivity index (χ3v) is 4.29. The fourth-order valence-corrected chi connectivity index (χ4v) is 2.78. The molecule has 28 heavy (non-hydrogen) atoms. The molecule has 1 aliphatic heterocycles. The van der Waals surface area contributed by atoms with Gasteiger partial charge >= 0.3 is 6.03 Å². The second-order valence-corrected chi connectivity index (χ2v) is 6.30. The molecule has 0 bridgehead atoms. The lowest BCUT2D eigenvalue weighted by Gasteiger charge is -2.29. The van der Waals surface area contributed by atoms with Crippen LogP contribution in [0.2, 0.25) is 0 Å². The van der Waals surface area contributed by atoms with Gasteiger partial charge in [0, 0.05) is 11.8 Å². The summed E-state index contributed by atoms with van der Waals surface area (Å²) in [5, 5.41) is 14.0. The Morgan fingerprint density at radius 3 is 2.89 bits per heavy atom. The molecule has 3 amide bonds. The summed E-state index contributed by atoms with van der Waals surface area (Å²) in [6.07, 6.45) is 1.37. The second kappa shape index (κ2) is 7.56. The number of anilines is 1. The summed E-state index contributed by atoms with van der Waals surface area (Å²) in [6.45, 7) is 2.71. The Labute approximate surface area is 159 Å². The van der Waals surface area contributed by atoms with Crippen LogP contribution in [0.4, 0.5) is 19.3 Å². The third-order valence-electron chi connectivity index (χ3n) is 4.29. The molecule has 1 aromatic carbocycles. The van der Waals surface area contributed by atoms with E-state index < -0.39 is 29.6 Å². The number of fused-ring (bicyclic) bond motifs is 1. The van der Waals surface area contributed by atoms with Crippen molar-refractivity contribution in [2.45, 2.75) is 26.4 Å². The van der Waals surface area contributed by atoms with Gasteiger partial charge in [-0.2, -0.15) is 5.26 Å². The first-order valence-corrected chi connectivity index (χ1v) is 8.36. The van der Waals surface area contributed by atoms with Gasteiger partial charge in [-0.05, 0) is 26.0 Å². The van der Waals surface area contributed by atoms with Crippen molar-refractivity contribution in [2.24, 2.45) is 0 Å². The van der Waals surface area contributed by atoms with Crippen LogP contribution in [0.3, 0.4) is 0 Å². The molecule has 0 saturated heterocycles. The lowest BCUT2D eigenvalue weighted by atomic mass is 10.1. The minimum absolute atomic E-state index is 0.0218. The van der Waals surface area contributed by atoms with Crippen molar-refractivity contribution in [3.8, 4) is 6.07 Å². The van der Waals surface area contributed by atoms with E-state index >= 15 is 0 Å². The highest BCUT2D eigenvalue weighted by Gasteiger charge is 2.28. The molecule has 3 rings (SSSR count). The van der Waals surface area contributed by atoms with Gasteiger partial charge < -0.3 is 15.5 Å². The molecule has 0 saturated carbocycles. The van der Waals surface area contributed by atoms with Crippen molar-refractivity contribution in [2.75, 3.05) is 11.9 Å². The molecular weight excluding hydrogens is 370 g/mol. The van der Waals surface area contributed by atoms with Crippen molar-refractivity contribution in [3.63, 3.8) is 0 Å². The van der Waals surface area contributed by atoms with Crippen molar-refractivity contribution in [1.82, 2.24) is 20.2 Å². The van der Waals surface area contributed by atoms with Crippen molar-refractivity contribution in [3.05, 3.63) is 52.6 Å². The molecule has 2 heterocycles. The number of hydrogen-bond donors (Lipinski definition) is 2. The fourth-order valence-electron chi connectivity index (χ4n) is 2.78. The standard InChI is InChI=1S/C18H16F2N6O2/c1-9-11(5-21)6-22-17(24-9)10(2)23-15(27)8-26-7-12-14(25-18(26)28)4-3-13(19)16(12)20/h3-4,6,10H,7-8H2,1-2H3,(H,23,27)(H,25,28)/t10-/m0/s1. The van der Waals surface area contributed by atoms with E-state index in [0.29, 0.717) is 17.1 Å². The molecule has 1 aliphatic rings. The summed E-state index contributed by atoms with van der Waals surface area (Å²) in [5.74, 6) is -2.29.